The number of benzene rings is 1. The fraction of sp³-hybridized carbons (Fsp3) is 0.450. The molecule has 0 aliphatic heterocycles. The molecule has 166 valence electrons. The second-order valence-corrected chi connectivity index (χ2v) is 6.28. The predicted molar refractivity (Wildman–Crippen MR) is 109 cm³/mol. The number of aliphatic carboxylic acids is 1. The first kappa shape index (κ1) is 26.6. The third-order valence-corrected chi connectivity index (χ3v) is 3.82. The van der Waals surface area contributed by atoms with E-state index in [-0.39, 0.29) is 17.6 Å². The van der Waals surface area contributed by atoms with Gasteiger partial charge in [-0.05, 0) is 44.0 Å². The van der Waals surface area contributed by atoms with Crippen molar-refractivity contribution in [2.24, 2.45) is 0 Å². The summed E-state index contributed by atoms with van der Waals surface area (Å²) in [6, 6.07) is 0.811. The maximum Gasteiger partial charge on any atom is 0.305 e. The third-order valence-electron chi connectivity index (χ3n) is 3.82. The average molecular weight is 423 g/mol. The summed E-state index contributed by atoms with van der Waals surface area (Å²) in [6.45, 7) is 8.22. The fourth-order valence-corrected chi connectivity index (χ4v) is 2.33. The first-order valence-corrected chi connectivity index (χ1v) is 9.40. The molecule has 10 heteroatoms. The molecule has 0 spiro atoms. The molecule has 0 fully saturated rings. The van der Waals surface area contributed by atoms with Gasteiger partial charge in [-0.3, -0.25) is 19.2 Å². The van der Waals surface area contributed by atoms with Gasteiger partial charge in [-0.25, -0.2) is 0 Å². The normalized spacial score (nSPS) is 11.8. The molecule has 2 atom stereocenters. The highest BCUT2D eigenvalue weighted by Crippen LogP contribution is 2.22. The molecule has 3 amide bonds. The molecular formula is C20H29N3O7. The van der Waals surface area contributed by atoms with Gasteiger partial charge in [0.15, 0.2) is 0 Å². The lowest BCUT2D eigenvalue weighted by atomic mass is 10.0. The number of hydrogen-bond donors (Lipinski definition) is 5. The number of carboxylic acids is 1. The van der Waals surface area contributed by atoms with Gasteiger partial charge in [0.25, 0.3) is 5.91 Å². The number of phenolic OH excluding ortho intramolecular Hbond substituents is 1. The van der Waals surface area contributed by atoms with E-state index >= 15 is 0 Å². The Morgan fingerprint density at radius 1 is 1.07 bits per heavy atom. The van der Waals surface area contributed by atoms with Crippen LogP contribution < -0.4 is 16.0 Å². The van der Waals surface area contributed by atoms with Crippen LogP contribution in [0.15, 0.2) is 12.1 Å². The Morgan fingerprint density at radius 2 is 1.60 bits per heavy atom. The van der Waals surface area contributed by atoms with Crippen molar-refractivity contribution in [3.8, 4) is 5.75 Å². The van der Waals surface area contributed by atoms with Crippen LogP contribution >= 0.6 is 0 Å². The largest absolute Gasteiger partial charge is 0.507 e. The summed E-state index contributed by atoms with van der Waals surface area (Å²) in [5.74, 6) is -3.07. The highest BCUT2D eigenvalue weighted by Gasteiger charge is 2.20. The Labute approximate surface area is 175 Å². The number of aldehydes is 1. The van der Waals surface area contributed by atoms with E-state index in [4.69, 9.17) is 5.11 Å². The summed E-state index contributed by atoms with van der Waals surface area (Å²) in [4.78, 5) is 57.2. The lowest BCUT2D eigenvalue weighted by molar-refractivity contribution is -0.139. The number of phenols is 1. The Kier molecular flexibility index (Phi) is 11.4. The number of aromatic hydroxyl groups is 1. The van der Waals surface area contributed by atoms with Crippen LogP contribution in [0.2, 0.25) is 0 Å². The molecule has 0 unspecified atom stereocenters. The summed E-state index contributed by atoms with van der Waals surface area (Å²) in [6.07, 6.45) is -0.278. The quantitative estimate of drug-likeness (QED) is 0.360. The molecule has 1 aromatic carbocycles. The van der Waals surface area contributed by atoms with Gasteiger partial charge in [0.2, 0.25) is 11.8 Å². The van der Waals surface area contributed by atoms with E-state index in [1.165, 1.54) is 19.1 Å². The van der Waals surface area contributed by atoms with Gasteiger partial charge in [-0.15, -0.1) is 0 Å². The van der Waals surface area contributed by atoms with Gasteiger partial charge < -0.3 is 31.0 Å². The van der Waals surface area contributed by atoms with E-state index < -0.39 is 48.7 Å². The molecule has 10 nitrogen and oxygen atoms in total. The standard InChI is InChI=1S/C18H23N3O7.C2H6/c1-9-4-12(5-10(2)16(9)26)18(28)20-11(3)17(27)19-7-14(23)21-13(8-22)6-15(24)25;1-2/h4-5,8,11,13,26H,6-7H2,1-3H3,(H,19,27)(H,20,28)(H,21,23)(H,24,25);1-2H3/t11-,13-;/m0./s1. The lowest BCUT2D eigenvalue weighted by Gasteiger charge is -2.16. The second-order valence-electron chi connectivity index (χ2n) is 6.28. The van der Waals surface area contributed by atoms with Crippen molar-refractivity contribution >= 4 is 30.0 Å². The first-order valence-electron chi connectivity index (χ1n) is 9.40. The van der Waals surface area contributed by atoms with Crippen LogP contribution in [0.1, 0.15) is 48.7 Å². The molecule has 1 aromatic rings. The zero-order valence-corrected chi connectivity index (χ0v) is 17.7. The number of nitrogens with one attached hydrogen (secondary N) is 3. The average Bonchev–Trinajstić information content (AvgIpc) is 2.70. The number of carbonyl (C=O) groups excluding carboxylic acids is 4. The van der Waals surface area contributed by atoms with E-state index in [0.29, 0.717) is 11.1 Å². The van der Waals surface area contributed by atoms with Gasteiger partial charge in [0, 0.05) is 5.56 Å². The number of amides is 3. The molecule has 0 heterocycles. The zero-order valence-electron chi connectivity index (χ0n) is 17.7. The third kappa shape index (κ3) is 8.72. The molecular weight excluding hydrogens is 394 g/mol. The maximum absolute atomic E-state index is 12.3. The minimum Gasteiger partial charge on any atom is -0.507 e. The Morgan fingerprint density at radius 3 is 2.07 bits per heavy atom. The molecule has 0 aliphatic rings. The molecule has 0 saturated carbocycles. The maximum atomic E-state index is 12.3. The van der Waals surface area contributed by atoms with Crippen LogP contribution in [0.3, 0.4) is 0 Å². The van der Waals surface area contributed by atoms with Crippen molar-refractivity contribution in [2.75, 3.05) is 6.54 Å². The monoisotopic (exact) mass is 423 g/mol. The summed E-state index contributed by atoms with van der Waals surface area (Å²) >= 11 is 0. The molecule has 5 N–H and O–H groups in total. The minimum absolute atomic E-state index is 0.0879. The van der Waals surface area contributed by atoms with E-state index in [9.17, 15) is 29.1 Å². The molecule has 1 rings (SSSR count). The number of carbonyl (C=O) groups is 5. The van der Waals surface area contributed by atoms with Crippen LogP contribution in [0.5, 0.6) is 5.75 Å². The van der Waals surface area contributed by atoms with Crippen LogP contribution in [0, 0.1) is 13.8 Å². The predicted octanol–water partition coefficient (Wildman–Crippen LogP) is 0.428. The van der Waals surface area contributed by atoms with E-state index in [1.807, 2.05) is 13.8 Å². The number of carboxylic acid groups (broad SMARTS) is 1. The number of hydrogen-bond acceptors (Lipinski definition) is 6. The molecule has 0 radical (unpaired) electrons. The van der Waals surface area contributed by atoms with Crippen molar-refractivity contribution in [3.05, 3.63) is 28.8 Å². The highest BCUT2D eigenvalue weighted by atomic mass is 16.4. The van der Waals surface area contributed by atoms with Gasteiger partial charge in [-0.1, -0.05) is 13.8 Å². The van der Waals surface area contributed by atoms with E-state index in [0.717, 1.165) is 0 Å². The van der Waals surface area contributed by atoms with Gasteiger partial charge >= 0.3 is 5.97 Å². The van der Waals surface area contributed by atoms with Crippen LogP contribution in [-0.2, 0) is 19.2 Å². The van der Waals surface area contributed by atoms with Gasteiger partial charge in [0.1, 0.15) is 18.1 Å². The zero-order chi connectivity index (χ0) is 23.4. The molecule has 0 saturated heterocycles. The van der Waals surface area contributed by atoms with E-state index in [1.54, 1.807) is 13.8 Å². The Balaban J connectivity index is 0.00000407. The Hall–Kier alpha value is -3.43. The van der Waals surface area contributed by atoms with Crippen LogP contribution in [-0.4, -0.2) is 58.8 Å². The van der Waals surface area contributed by atoms with Gasteiger partial charge in [0.05, 0.1) is 19.0 Å². The molecule has 0 aliphatic carbocycles. The van der Waals surface area contributed by atoms with Crippen LogP contribution in [0.25, 0.3) is 0 Å². The molecule has 0 aromatic heterocycles. The van der Waals surface area contributed by atoms with Crippen molar-refractivity contribution in [2.45, 2.75) is 53.1 Å². The van der Waals surface area contributed by atoms with Crippen molar-refractivity contribution < 1.29 is 34.2 Å². The highest BCUT2D eigenvalue weighted by molar-refractivity contribution is 5.98. The molecule has 0 bridgehead atoms. The van der Waals surface area contributed by atoms with Crippen molar-refractivity contribution in [1.82, 2.24) is 16.0 Å². The SMILES string of the molecule is CC.Cc1cc(C(=O)N[C@@H](C)C(=O)NCC(=O)N[C@H](C=O)CC(=O)O)cc(C)c1O. The number of rotatable bonds is 9. The second kappa shape index (κ2) is 12.9. The number of aryl methyl sites for hydroxylation is 2. The van der Waals surface area contributed by atoms with Crippen LogP contribution in [0.4, 0.5) is 0 Å². The smallest absolute Gasteiger partial charge is 0.305 e. The lowest BCUT2D eigenvalue weighted by Crippen LogP contribution is -2.49. The summed E-state index contributed by atoms with van der Waals surface area (Å²) in [5, 5.41) is 25.3. The molecule has 30 heavy (non-hydrogen) atoms. The summed E-state index contributed by atoms with van der Waals surface area (Å²) in [7, 11) is 0. The fourth-order valence-electron chi connectivity index (χ4n) is 2.33. The minimum atomic E-state index is -1.25. The first-order chi connectivity index (χ1) is 14.0. The van der Waals surface area contributed by atoms with Crippen molar-refractivity contribution in [3.63, 3.8) is 0 Å². The summed E-state index contributed by atoms with van der Waals surface area (Å²) < 4.78 is 0. The summed E-state index contributed by atoms with van der Waals surface area (Å²) in [5.41, 5.74) is 1.31. The van der Waals surface area contributed by atoms with Crippen molar-refractivity contribution in [1.29, 1.82) is 0 Å². The topological polar surface area (TPSA) is 162 Å². The van der Waals surface area contributed by atoms with E-state index in [2.05, 4.69) is 16.0 Å². The Bertz CT molecular complexity index is 770. The van der Waals surface area contributed by atoms with Gasteiger partial charge in [-0.2, -0.15) is 0 Å².